The summed E-state index contributed by atoms with van der Waals surface area (Å²) in [6, 6.07) is 2.61. The first-order valence-electron chi connectivity index (χ1n) is 8.56. The molecule has 156 valence electrons. The molecule has 3 rings (SSSR count). The molecule has 0 saturated carbocycles. The minimum atomic E-state index is -4.56. The summed E-state index contributed by atoms with van der Waals surface area (Å²) < 4.78 is 47.4. The van der Waals surface area contributed by atoms with Gasteiger partial charge in [-0.25, -0.2) is 0 Å². The molecule has 0 aliphatic carbocycles. The second kappa shape index (κ2) is 8.37. The average molecular weight is 447 g/mol. The number of aromatic nitrogens is 4. The van der Waals surface area contributed by atoms with Crippen LogP contribution >= 0.6 is 23.4 Å². The number of rotatable bonds is 7. The first kappa shape index (κ1) is 21.7. The minimum Gasteiger partial charge on any atom is -0.383 e. The van der Waals surface area contributed by atoms with E-state index in [9.17, 15) is 18.0 Å². The van der Waals surface area contributed by atoms with Crippen LogP contribution in [0.1, 0.15) is 27.3 Å². The van der Waals surface area contributed by atoms with Crippen LogP contribution in [0.15, 0.2) is 23.5 Å². The van der Waals surface area contributed by atoms with Gasteiger partial charge in [-0.3, -0.25) is 9.20 Å². The summed E-state index contributed by atoms with van der Waals surface area (Å²) in [5.74, 6) is -0.148. The number of Topliss-reactive ketones (excluding diaryl/α,β-unsaturated/α-hetero) is 1. The van der Waals surface area contributed by atoms with Gasteiger partial charge in [0.25, 0.3) is 0 Å². The van der Waals surface area contributed by atoms with E-state index in [1.54, 1.807) is 13.2 Å². The Bertz CT molecular complexity index is 1060. The van der Waals surface area contributed by atoms with Gasteiger partial charge in [-0.05, 0) is 26.0 Å². The zero-order valence-electron chi connectivity index (χ0n) is 15.9. The molecule has 0 atom stereocenters. The zero-order chi connectivity index (χ0) is 21.3. The predicted molar refractivity (Wildman–Crippen MR) is 104 cm³/mol. The molecule has 3 aromatic heterocycles. The second-order valence-corrected chi connectivity index (χ2v) is 7.74. The fourth-order valence-electron chi connectivity index (χ4n) is 3.01. The van der Waals surface area contributed by atoms with Crippen LogP contribution in [0.25, 0.3) is 5.65 Å². The van der Waals surface area contributed by atoms with Crippen LogP contribution in [0.5, 0.6) is 0 Å². The van der Waals surface area contributed by atoms with Gasteiger partial charge in [0.15, 0.2) is 16.6 Å². The minimum absolute atomic E-state index is 0.00320. The first-order chi connectivity index (χ1) is 13.6. The predicted octanol–water partition coefficient (Wildman–Crippen LogP) is 4.44. The molecule has 3 heterocycles. The zero-order valence-corrected chi connectivity index (χ0v) is 17.5. The number of nitrogens with zero attached hydrogens (tertiary/aromatic N) is 4. The van der Waals surface area contributed by atoms with E-state index in [4.69, 9.17) is 16.3 Å². The van der Waals surface area contributed by atoms with Gasteiger partial charge in [0.05, 0.1) is 22.9 Å². The highest BCUT2D eigenvalue weighted by Crippen LogP contribution is 2.33. The highest BCUT2D eigenvalue weighted by atomic mass is 35.5. The van der Waals surface area contributed by atoms with E-state index in [0.717, 1.165) is 39.8 Å². The van der Waals surface area contributed by atoms with Gasteiger partial charge in [-0.15, -0.1) is 10.2 Å². The van der Waals surface area contributed by atoms with E-state index in [2.05, 4.69) is 10.2 Å². The molecular weight excluding hydrogens is 429 g/mol. The Morgan fingerprint density at radius 3 is 2.66 bits per heavy atom. The van der Waals surface area contributed by atoms with Gasteiger partial charge < -0.3 is 9.30 Å². The summed E-state index contributed by atoms with van der Waals surface area (Å²) in [5, 5.41) is 7.71. The van der Waals surface area contributed by atoms with Crippen molar-refractivity contribution in [1.82, 2.24) is 19.2 Å². The summed E-state index contributed by atoms with van der Waals surface area (Å²) in [6.07, 6.45) is -3.68. The number of ketones is 1. The number of thioether (sulfide) groups is 1. The number of carbonyl (C=O) groups excluding carboxylic acids is 1. The molecule has 11 heteroatoms. The van der Waals surface area contributed by atoms with Gasteiger partial charge in [-0.1, -0.05) is 23.4 Å². The number of pyridine rings is 1. The number of ether oxygens (including phenoxy) is 1. The Hall–Kier alpha value is -2.04. The Labute approximate surface area is 174 Å². The maximum atomic E-state index is 13.1. The molecule has 0 amide bonds. The van der Waals surface area contributed by atoms with Crippen molar-refractivity contribution < 1.29 is 22.7 Å². The van der Waals surface area contributed by atoms with Gasteiger partial charge in [0.2, 0.25) is 0 Å². The van der Waals surface area contributed by atoms with Crippen molar-refractivity contribution in [3.05, 3.63) is 45.9 Å². The van der Waals surface area contributed by atoms with E-state index < -0.39 is 11.7 Å². The highest BCUT2D eigenvalue weighted by Gasteiger charge is 2.32. The number of halogens is 4. The topological polar surface area (TPSA) is 61.4 Å². The molecular formula is C18H18ClF3N4O2S. The van der Waals surface area contributed by atoms with E-state index in [1.165, 1.54) is 0 Å². The molecule has 0 N–H and O–H groups in total. The summed E-state index contributed by atoms with van der Waals surface area (Å²) in [6.45, 7) is 4.90. The lowest BCUT2D eigenvalue weighted by atomic mass is 10.2. The number of hydrogen-bond donors (Lipinski definition) is 0. The van der Waals surface area contributed by atoms with Crippen molar-refractivity contribution >= 4 is 34.8 Å². The Morgan fingerprint density at radius 2 is 2.00 bits per heavy atom. The van der Waals surface area contributed by atoms with Crippen LogP contribution in [-0.2, 0) is 17.5 Å². The van der Waals surface area contributed by atoms with Gasteiger partial charge in [0.1, 0.15) is 0 Å². The number of alkyl halides is 3. The Balaban J connectivity index is 1.82. The van der Waals surface area contributed by atoms with Crippen LogP contribution in [0, 0.1) is 13.8 Å². The number of hydrogen-bond acceptors (Lipinski definition) is 5. The maximum absolute atomic E-state index is 13.1. The second-order valence-electron chi connectivity index (χ2n) is 6.39. The van der Waals surface area contributed by atoms with E-state index in [-0.39, 0.29) is 27.4 Å². The molecule has 0 radical (unpaired) electrons. The lowest BCUT2D eigenvalue weighted by Crippen LogP contribution is -2.10. The Morgan fingerprint density at radius 1 is 1.28 bits per heavy atom. The molecule has 0 aliphatic heterocycles. The quantitative estimate of drug-likeness (QED) is 0.396. The smallest absolute Gasteiger partial charge is 0.383 e. The fourth-order valence-corrected chi connectivity index (χ4v) is 4.04. The number of aryl methyl sites for hydroxylation is 1. The van der Waals surface area contributed by atoms with Crippen LogP contribution in [0.2, 0.25) is 5.02 Å². The molecule has 0 unspecified atom stereocenters. The molecule has 29 heavy (non-hydrogen) atoms. The van der Waals surface area contributed by atoms with Gasteiger partial charge >= 0.3 is 6.18 Å². The fraction of sp³-hybridized carbons (Fsp3) is 0.389. The lowest BCUT2D eigenvalue weighted by Gasteiger charge is -2.09. The third kappa shape index (κ3) is 4.44. The SMILES string of the molecule is COCCn1c(C)cc(C(=O)CSc2nnc3c(Cl)cc(C(F)(F)F)cn23)c1C. The third-order valence-electron chi connectivity index (χ3n) is 4.48. The summed E-state index contributed by atoms with van der Waals surface area (Å²) in [4.78, 5) is 12.7. The van der Waals surface area contributed by atoms with Crippen molar-refractivity contribution in [3.63, 3.8) is 0 Å². The van der Waals surface area contributed by atoms with E-state index in [1.807, 2.05) is 18.4 Å². The summed E-state index contributed by atoms with van der Waals surface area (Å²) >= 11 is 6.92. The Kier molecular flexibility index (Phi) is 6.25. The van der Waals surface area contributed by atoms with Gasteiger partial charge in [0, 0.05) is 36.8 Å². The summed E-state index contributed by atoms with van der Waals surface area (Å²) in [5.41, 5.74) is 1.51. The van der Waals surface area contributed by atoms with E-state index >= 15 is 0 Å². The monoisotopic (exact) mass is 446 g/mol. The van der Waals surface area contributed by atoms with Crippen LogP contribution in [-0.4, -0.2) is 44.4 Å². The molecule has 0 fully saturated rings. The number of carbonyl (C=O) groups is 1. The van der Waals surface area contributed by atoms with E-state index in [0.29, 0.717) is 18.7 Å². The van der Waals surface area contributed by atoms with Crippen molar-refractivity contribution in [2.45, 2.75) is 31.7 Å². The third-order valence-corrected chi connectivity index (χ3v) is 5.70. The normalized spacial score (nSPS) is 12.1. The summed E-state index contributed by atoms with van der Waals surface area (Å²) in [7, 11) is 1.61. The highest BCUT2D eigenvalue weighted by molar-refractivity contribution is 7.99. The van der Waals surface area contributed by atoms with Crippen LogP contribution in [0.3, 0.4) is 0 Å². The molecule has 3 aromatic rings. The van der Waals surface area contributed by atoms with Crippen LogP contribution < -0.4 is 0 Å². The number of methoxy groups -OCH3 is 1. The lowest BCUT2D eigenvalue weighted by molar-refractivity contribution is -0.137. The molecule has 0 aromatic carbocycles. The van der Waals surface area contributed by atoms with Crippen molar-refractivity contribution in [1.29, 1.82) is 0 Å². The molecule has 0 aliphatic rings. The first-order valence-corrected chi connectivity index (χ1v) is 9.93. The molecule has 0 bridgehead atoms. The average Bonchev–Trinajstić information content (AvgIpc) is 3.18. The van der Waals surface area contributed by atoms with Crippen molar-refractivity contribution in [2.75, 3.05) is 19.5 Å². The van der Waals surface area contributed by atoms with Gasteiger partial charge in [-0.2, -0.15) is 13.2 Å². The van der Waals surface area contributed by atoms with Crippen molar-refractivity contribution in [2.24, 2.45) is 0 Å². The van der Waals surface area contributed by atoms with Crippen molar-refractivity contribution in [3.8, 4) is 0 Å². The van der Waals surface area contributed by atoms with Crippen LogP contribution in [0.4, 0.5) is 13.2 Å². The molecule has 0 spiro atoms. The molecule has 6 nitrogen and oxygen atoms in total. The molecule has 0 saturated heterocycles. The number of fused-ring (bicyclic) bond motifs is 1. The standard InChI is InChI=1S/C18H18ClF3N4O2S/c1-10-6-13(11(2)25(10)4-5-28-3)15(27)9-29-17-24-23-16-14(19)7-12(8-26(16)17)18(20,21)22/h6-8H,4-5,9H2,1-3H3. The largest absolute Gasteiger partial charge is 0.417 e. The maximum Gasteiger partial charge on any atom is 0.417 e.